The Bertz CT molecular complexity index is 1390. The number of imide groups is 1. The molecular weight excluding hydrogens is 502 g/mol. The van der Waals surface area contributed by atoms with Gasteiger partial charge in [-0.05, 0) is 59.6 Å². The van der Waals surface area contributed by atoms with Crippen LogP contribution in [-0.2, 0) is 15.6 Å². The minimum Gasteiger partial charge on any atom is -0.457 e. The lowest BCUT2D eigenvalue weighted by molar-refractivity contribution is 0.0548. The van der Waals surface area contributed by atoms with Crippen molar-refractivity contribution in [2.45, 2.75) is 65.2 Å². The van der Waals surface area contributed by atoms with Gasteiger partial charge in [0.1, 0.15) is 18.1 Å². The highest BCUT2D eigenvalue weighted by Gasteiger charge is 2.34. The lowest BCUT2D eigenvalue weighted by atomic mass is 9.76. The van der Waals surface area contributed by atoms with E-state index in [2.05, 4.69) is 53.7 Å². The molecule has 0 saturated carbocycles. The van der Waals surface area contributed by atoms with E-state index in [1.165, 1.54) is 5.56 Å². The first-order valence-corrected chi connectivity index (χ1v) is 14.0. The molecule has 6 heteroatoms. The van der Waals surface area contributed by atoms with Gasteiger partial charge in [-0.15, -0.1) is 0 Å². The van der Waals surface area contributed by atoms with Gasteiger partial charge in [0, 0.05) is 11.1 Å². The topological polar surface area (TPSA) is 72.9 Å². The first-order valence-electron chi connectivity index (χ1n) is 14.0. The third-order valence-electron chi connectivity index (χ3n) is 8.21. The molecule has 0 spiro atoms. The predicted octanol–water partition coefficient (Wildman–Crippen LogP) is 7.35. The summed E-state index contributed by atoms with van der Waals surface area (Å²) in [6, 6.07) is 20.3. The molecule has 1 aliphatic rings. The van der Waals surface area contributed by atoms with Gasteiger partial charge in [0.15, 0.2) is 5.78 Å². The fourth-order valence-electron chi connectivity index (χ4n) is 4.67. The number of hydrogen-bond donors (Lipinski definition) is 0. The molecule has 0 N–H and O–H groups in total. The van der Waals surface area contributed by atoms with Crippen LogP contribution in [0.2, 0.25) is 0 Å². The fourth-order valence-corrected chi connectivity index (χ4v) is 4.67. The third-order valence-corrected chi connectivity index (χ3v) is 8.21. The average molecular weight is 542 g/mol. The smallest absolute Gasteiger partial charge is 0.261 e. The van der Waals surface area contributed by atoms with Gasteiger partial charge < -0.3 is 9.47 Å². The van der Waals surface area contributed by atoms with E-state index in [9.17, 15) is 14.4 Å². The largest absolute Gasteiger partial charge is 0.457 e. The molecule has 0 saturated heterocycles. The molecule has 0 bridgehead atoms. The predicted molar refractivity (Wildman–Crippen MR) is 157 cm³/mol. The summed E-state index contributed by atoms with van der Waals surface area (Å²) in [7, 11) is 0. The lowest BCUT2D eigenvalue weighted by Crippen LogP contribution is -2.33. The van der Waals surface area contributed by atoms with Crippen LogP contribution in [0.3, 0.4) is 0 Å². The number of ketones is 1. The van der Waals surface area contributed by atoms with Crippen molar-refractivity contribution in [2.75, 3.05) is 19.8 Å². The number of fused-ring (bicyclic) bond motifs is 1. The quantitative estimate of drug-likeness (QED) is 0.136. The van der Waals surface area contributed by atoms with E-state index in [-0.39, 0.29) is 48.2 Å². The number of ether oxygens (including phenoxy) is 2. The minimum absolute atomic E-state index is 0.0583. The summed E-state index contributed by atoms with van der Waals surface area (Å²) in [6.07, 6.45) is 1.99. The van der Waals surface area contributed by atoms with Gasteiger partial charge in [-0.25, -0.2) is 0 Å². The molecule has 0 atom stereocenters. The summed E-state index contributed by atoms with van der Waals surface area (Å²) in [5, 5.41) is 0. The zero-order chi connectivity index (χ0) is 29.1. The van der Waals surface area contributed by atoms with Crippen LogP contribution in [0.4, 0.5) is 0 Å². The van der Waals surface area contributed by atoms with Crippen LogP contribution in [0.25, 0.3) is 0 Å². The molecule has 0 aromatic heterocycles. The van der Waals surface area contributed by atoms with Crippen molar-refractivity contribution in [2.24, 2.45) is 0 Å². The van der Waals surface area contributed by atoms with E-state index in [1.807, 2.05) is 12.1 Å². The van der Waals surface area contributed by atoms with E-state index in [1.54, 1.807) is 42.5 Å². The number of carbonyl (C=O) groups is 3. The Hall–Kier alpha value is -3.77. The Morgan fingerprint density at radius 3 is 2.08 bits per heavy atom. The summed E-state index contributed by atoms with van der Waals surface area (Å²) >= 11 is 0. The van der Waals surface area contributed by atoms with Gasteiger partial charge >= 0.3 is 0 Å². The van der Waals surface area contributed by atoms with Crippen LogP contribution >= 0.6 is 0 Å². The van der Waals surface area contributed by atoms with Crippen LogP contribution in [-0.4, -0.2) is 42.3 Å². The van der Waals surface area contributed by atoms with E-state index in [0.717, 1.165) is 29.1 Å². The van der Waals surface area contributed by atoms with Crippen molar-refractivity contribution < 1.29 is 23.9 Å². The first-order chi connectivity index (χ1) is 19.0. The molecule has 4 rings (SSSR count). The normalized spacial score (nSPS) is 13.5. The summed E-state index contributed by atoms with van der Waals surface area (Å²) in [4.78, 5) is 39.0. The van der Waals surface area contributed by atoms with Crippen molar-refractivity contribution in [1.29, 1.82) is 0 Å². The van der Waals surface area contributed by atoms with Crippen molar-refractivity contribution >= 4 is 17.6 Å². The molecule has 3 aromatic rings. The molecule has 6 nitrogen and oxygen atoms in total. The third kappa shape index (κ3) is 6.02. The molecule has 210 valence electrons. The molecule has 2 amide bonds. The molecule has 0 radical (unpaired) electrons. The molecule has 3 aromatic carbocycles. The number of benzene rings is 3. The summed E-state index contributed by atoms with van der Waals surface area (Å²) in [5.74, 6) is 0.480. The van der Waals surface area contributed by atoms with Gasteiger partial charge in [0.25, 0.3) is 11.8 Å². The SMILES string of the molecule is CCC(C)(C)c1ccc(Oc2cccc(C(=O)COCCN3C(=O)c4ccccc4C3=O)c2)c(C(C)(C)CC)c1. The first kappa shape index (κ1) is 29.2. The van der Waals surface area contributed by atoms with Crippen LogP contribution in [0.5, 0.6) is 11.5 Å². The Kier molecular flexibility index (Phi) is 8.59. The van der Waals surface area contributed by atoms with Gasteiger partial charge in [-0.3, -0.25) is 19.3 Å². The summed E-state index contributed by atoms with van der Waals surface area (Å²) < 4.78 is 11.9. The second kappa shape index (κ2) is 11.8. The van der Waals surface area contributed by atoms with Gasteiger partial charge in [0.05, 0.1) is 24.3 Å². The number of amides is 2. The van der Waals surface area contributed by atoms with Crippen LogP contribution in [0.1, 0.15) is 96.6 Å². The highest BCUT2D eigenvalue weighted by atomic mass is 16.5. The molecule has 0 fully saturated rings. The van der Waals surface area contributed by atoms with Crippen molar-refractivity contribution in [3.05, 3.63) is 94.5 Å². The molecule has 0 unspecified atom stereocenters. The highest BCUT2D eigenvalue weighted by Crippen LogP contribution is 2.40. The zero-order valence-corrected chi connectivity index (χ0v) is 24.4. The number of nitrogens with zero attached hydrogens (tertiary/aromatic N) is 1. The maximum atomic E-state index is 12.9. The van der Waals surface area contributed by atoms with E-state index in [4.69, 9.17) is 9.47 Å². The Morgan fingerprint density at radius 1 is 0.800 bits per heavy atom. The fraction of sp³-hybridized carbons (Fsp3) is 0.382. The Balaban J connectivity index is 1.41. The van der Waals surface area contributed by atoms with Gasteiger partial charge in [-0.2, -0.15) is 0 Å². The Morgan fingerprint density at radius 2 is 1.45 bits per heavy atom. The highest BCUT2D eigenvalue weighted by molar-refractivity contribution is 6.21. The zero-order valence-electron chi connectivity index (χ0n) is 24.4. The number of Topliss-reactive ketones (excluding diaryl/α,β-unsaturated/α-hetero) is 1. The maximum absolute atomic E-state index is 12.9. The van der Waals surface area contributed by atoms with Crippen LogP contribution in [0.15, 0.2) is 66.7 Å². The minimum atomic E-state index is -0.336. The number of rotatable bonds is 12. The van der Waals surface area contributed by atoms with E-state index >= 15 is 0 Å². The second-order valence-electron chi connectivity index (χ2n) is 11.6. The lowest BCUT2D eigenvalue weighted by Gasteiger charge is -2.30. The average Bonchev–Trinajstić information content (AvgIpc) is 3.20. The molecule has 1 aliphatic heterocycles. The van der Waals surface area contributed by atoms with Gasteiger partial charge in [-0.1, -0.05) is 77.9 Å². The standard InChI is InChI=1S/C34H39NO5/c1-7-33(3,4)24-16-17-30(28(21-24)34(5,6)8-2)40-25-13-11-12-23(20-25)29(36)22-39-19-18-35-31(37)26-14-9-10-15-27(26)32(35)38/h9-17,20-21H,7-8,18-19,22H2,1-6H3. The summed E-state index contributed by atoms with van der Waals surface area (Å²) in [5.41, 5.74) is 3.66. The number of hydrogen-bond acceptors (Lipinski definition) is 5. The van der Waals surface area contributed by atoms with Crippen LogP contribution in [0, 0.1) is 0 Å². The van der Waals surface area contributed by atoms with Crippen LogP contribution < -0.4 is 4.74 Å². The van der Waals surface area contributed by atoms with Crippen molar-refractivity contribution in [3.8, 4) is 11.5 Å². The van der Waals surface area contributed by atoms with Crippen molar-refractivity contribution in [3.63, 3.8) is 0 Å². The second-order valence-corrected chi connectivity index (χ2v) is 11.6. The summed E-state index contributed by atoms with van der Waals surface area (Å²) in [6.45, 7) is 13.3. The van der Waals surface area contributed by atoms with Crippen molar-refractivity contribution in [1.82, 2.24) is 4.90 Å². The molecule has 40 heavy (non-hydrogen) atoms. The maximum Gasteiger partial charge on any atom is 0.261 e. The van der Waals surface area contributed by atoms with Gasteiger partial charge in [0.2, 0.25) is 0 Å². The Labute approximate surface area is 237 Å². The molecule has 0 aliphatic carbocycles. The molecular formula is C34H39NO5. The van der Waals surface area contributed by atoms with E-state index in [0.29, 0.717) is 22.4 Å². The monoisotopic (exact) mass is 541 g/mol. The van der Waals surface area contributed by atoms with E-state index < -0.39 is 0 Å². The number of carbonyl (C=O) groups excluding carboxylic acids is 3. The molecule has 1 heterocycles.